The van der Waals surface area contributed by atoms with Gasteiger partial charge in [-0.3, -0.25) is 0 Å². The van der Waals surface area contributed by atoms with E-state index in [0.29, 0.717) is 0 Å². The van der Waals surface area contributed by atoms with Crippen molar-refractivity contribution in [1.82, 2.24) is 29.5 Å². The summed E-state index contributed by atoms with van der Waals surface area (Å²) in [5.74, 6) is 2.43. The Morgan fingerprint density at radius 3 is 2.18 bits per heavy atom. The fourth-order valence-electron chi connectivity index (χ4n) is 4.34. The van der Waals surface area contributed by atoms with Crippen LogP contribution < -0.4 is 0 Å². The van der Waals surface area contributed by atoms with Crippen LogP contribution in [0.3, 0.4) is 0 Å². The van der Waals surface area contributed by atoms with E-state index in [1.54, 1.807) is 6.20 Å². The van der Waals surface area contributed by atoms with Crippen LogP contribution in [0.4, 0.5) is 0 Å². The molecule has 0 saturated heterocycles. The highest BCUT2D eigenvalue weighted by Gasteiger charge is 2.11. The van der Waals surface area contributed by atoms with E-state index in [4.69, 9.17) is 4.98 Å². The Morgan fingerprint density at radius 2 is 1.33 bits per heavy atom. The first-order valence-corrected chi connectivity index (χ1v) is 13.2. The predicted molar refractivity (Wildman–Crippen MR) is 160 cm³/mol. The van der Waals surface area contributed by atoms with Crippen LogP contribution in [0.1, 0.15) is 5.82 Å². The molecule has 0 saturated carbocycles. The van der Waals surface area contributed by atoms with E-state index < -0.39 is 0 Å². The monoisotopic (exact) mass is 570 g/mol. The van der Waals surface area contributed by atoms with E-state index in [2.05, 4.69) is 41.9 Å². The van der Waals surface area contributed by atoms with Crippen molar-refractivity contribution in [1.29, 1.82) is 0 Å². The number of halogens is 1. The molecule has 0 N–H and O–H groups in total. The standard InChI is InChI=1S/C18H14N4.C14H9BrN2/c1-13-19-10-11-22(13)17-9-5-3-7-15(17)18-20-12-14-6-2-4-8-16(14)21-18;15-12-6-7-13-11(8-12)9-16-14(17-13)10-4-2-1-3-5-10/h2-12H,1H3;1-9H. The molecule has 188 valence electrons. The van der Waals surface area contributed by atoms with Crippen molar-refractivity contribution in [2.75, 3.05) is 0 Å². The lowest BCUT2D eigenvalue weighted by Crippen LogP contribution is -2.00. The second-order valence-corrected chi connectivity index (χ2v) is 9.79. The molecular weight excluding hydrogens is 548 g/mol. The Balaban J connectivity index is 0.000000147. The van der Waals surface area contributed by atoms with Gasteiger partial charge < -0.3 is 4.57 Å². The maximum Gasteiger partial charge on any atom is 0.161 e. The van der Waals surface area contributed by atoms with E-state index in [-0.39, 0.29) is 0 Å². The summed E-state index contributed by atoms with van der Waals surface area (Å²) < 4.78 is 3.09. The van der Waals surface area contributed by atoms with Crippen LogP contribution in [0.5, 0.6) is 0 Å². The summed E-state index contributed by atoms with van der Waals surface area (Å²) in [7, 11) is 0. The average Bonchev–Trinajstić information content (AvgIpc) is 3.43. The van der Waals surface area contributed by atoms with Gasteiger partial charge in [-0.15, -0.1) is 0 Å². The number of para-hydroxylation sites is 2. The molecule has 3 heterocycles. The zero-order valence-corrected chi connectivity index (χ0v) is 22.7. The van der Waals surface area contributed by atoms with Gasteiger partial charge in [0, 0.05) is 51.2 Å². The number of rotatable bonds is 3. The smallest absolute Gasteiger partial charge is 0.161 e. The molecule has 0 aliphatic rings. The van der Waals surface area contributed by atoms with Crippen molar-refractivity contribution < 1.29 is 0 Å². The minimum Gasteiger partial charge on any atom is -0.303 e. The van der Waals surface area contributed by atoms with Gasteiger partial charge >= 0.3 is 0 Å². The van der Waals surface area contributed by atoms with E-state index in [1.165, 1.54) is 0 Å². The number of fused-ring (bicyclic) bond motifs is 2. The lowest BCUT2D eigenvalue weighted by atomic mass is 10.1. The molecule has 0 aliphatic heterocycles. The van der Waals surface area contributed by atoms with Gasteiger partial charge in [-0.05, 0) is 43.3 Å². The highest BCUT2D eigenvalue weighted by atomic mass is 79.9. The summed E-state index contributed by atoms with van der Waals surface area (Å²) in [6, 6.07) is 32.1. The topological polar surface area (TPSA) is 69.4 Å². The third-order valence-electron chi connectivity index (χ3n) is 6.29. The lowest BCUT2D eigenvalue weighted by Gasteiger charge is -2.11. The molecule has 7 aromatic rings. The van der Waals surface area contributed by atoms with E-state index in [0.717, 1.165) is 60.6 Å². The molecule has 7 rings (SSSR count). The molecule has 0 unspecified atom stereocenters. The first kappa shape index (κ1) is 24.6. The van der Waals surface area contributed by atoms with Gasteiger partial charge in [-0.25, -0.2) is 24.9 Å². The number of nitrogens with zero attached hydrogens (tertiary/aromatic N) is 6. The molecule has 0 fully saturated rings. The number of benzene rings is 4. The van der Waals surface area contributed by atoms with Crippen LogP contribution in [0, 0.1) is 6.92 Å². The summed E-state index contributed by atoms with van der Waals surface area (Å²) in [4.78, 5) is 22.5. The van der Waals surface area contributed by atoms with Crippen LogP contribution >= 0.6 is 15.9 Å². The molecule has 0 atom stereocenters. The van der Waals surface area contributed by atoms with Crippen LogP contribution in [-0.4, -0.2) is 29.5 Å². The van der Waals surface area contributed by atoms with Gasteiger partial charge in [-0.1, -0.05) is 76.6 Å². The number of hydrogen-bond acceptors (Lipinski definition) is 5. The Labute approximate surface area is 234 Å². The number of aryl methyl sites for hydroxylation is 1. The number of hydrogen-bond donors (Lipinski definition) is 0. The summed E-state index contributed by atoms with van der Waals surface area (Å²) in [6.45, 7) is 1.98. The lowest BCUT2D eigenvalue weighted by molar-refractivity contribution is 0.973. The fourth-order valence-corrected chi connectivity index (χ4v) is 4.72. The SMILES string of the molecule is Brc1ccc2nc(-c3ccccc3)ncc2c1.Cc1nccn1-c1ccccc1-c1ncc2ccccc2n1. The molecule has 0 aliphatic carbocycles. The molecule has 3 aromatic heterocycles. The van der Waals surface area contributed by atoms with Gasteiger partial charge in [-0.2, -0.15) is 0 Å². The maximum atomic E-state index is 4.70. The molecular formula is C32H23BrN6. The summed E-state index contributed by atoms with van der Waals surface area (Å²) in [5, 5.41) is 2.08. The summed E-state index contributed by atoms with van der Waals surface area (Å²) >= 11 is 3.44. The average molecular weight is 571 g/mol. The van der Waals surface area contributed by atoms with Crippen molar-refractivity contribution in [2.45, 2.75) is 6.92 Å². The molecule has 0 spiro atoms. The van der Waals surface area contributed by atoms with Crippen LogP contribution in [-0.2, 0) is 0 Å². The van der Waals surface area contributed by atoms with Crippen molar-refractivity contribution in [2.24, 2.45) is 0 Å². The van der Waals surface area contributed by atoms with Crippen molar-refractivity contribution >= 4 is 37.7 Å². The molecule has 4 aromatic carbocycles. The van der Waals surface area contributed by atoms with E-state index in [1.807, 2.05) is 121 Å². The fraction of sp³-hybridized carbons (Fsp3) is 0.0312. The molecule has 0 amide bonds. The Kier molecular flexibility index (Phi) is 6.89. The maximum absolute atomic E-state index is 4.70. The predicted octanol–water partition coefficient (Wildman–Crippen LogP) is 7.85. The van der Waals surface area contributed by atoms with E-state index in [9.17, 15) is 0 Å². The number of aromatic nitrogens is 6. The Bertz CT molecular complexity index is 1900. The molecule has 0 bridgehead atoms. The normalized spacial score (nSPS) is 10.8. The number of imidazole rings is 1. The third-order valence-corrected chi connectivity index (χ3v) is 6.79. The molecule has 0 radical (unpaired) electrons. The highest BCUT2D eigenvalue weighted by molar-refractivity contribution is 9.10. The molecule has 39 heavy (non-hydrogen) atoms. The van der Waals surface area contributed by atoms with Gasteiger partial charge in [0.1, 0.15) is 5.82 Å². The summed E-state index contributed by atoms with van der Waals surface area (Å²) in [6.07, 6.45) is 7.48. The van der Waals surface area contributed by atoms with Crippen LogP contribution in [0.25, 0.3) is 50.3 Å². The van der Waals surface area contributed by atoms with Gasteiger partial charge in [0.15, 0.2) is 11.6 Å². The minimum atomic E-state index is 0.724. The second-order valence-electron chi connectivity index (χ2n) is 8.88. The Hall–Kier alpha value is -4.75. The largest absolute Gasteiger partial charge is 0.303 e. The first-order valence-electron chi connectivity index (χ1n) is 12.4. The van der Waals surface area contributed by atoms with Crippen molar-refractivity contribution in [3.8, 4) is 28.5 Å². The zero-order valence-electron chi connectivity index (χ0n) is 21.1. The zero-order chi connectivity index (χ0) is 26.6. The van der Waals surface area contributed by atoms with Crippen molar-refractivity contribution in [3.63, 3.8) is 0 Å². The van der Waals surface area contributed by atoms with Gasteiger partial charge in [0.2, 0.25) is 0 Å². The molecule has 6 nitrogen and oxygen atoms in total. The first-order chi connectivity index (χ1) is 19.2. The minimum absolute atomic E-state index is 0.724. The molecule has 7 heteroatoms. The van der Waals surface area contributed by atoms with Crippen LogP contribution in [0.15, 0.2) is 126 Å². The second kappa shape index (κ2) is 10.9. The quantitative estimate of drug-likeness (QED) is 0.216. The van der Waals surface area contributed by atoms with Crippen molar-refractivity contribution in [3.05, 3.63) is 132 Å². The van der Waals surface area contributed by atoms with Gasteiger partial charge in [0.25, 0.3) is 0 Å². The Morgan fingerprint density at radius 1 is 0.641 bits per heavy atom. The van der Waals surface area contributed by atoms with Crippen LogP contribution in [0.2, 0.25) is 0 Å². The highest BCUT2D eigenvalue weighted by Crippen LogP contribution is 2.26. The van der Waals surface area contributed by atoms with Gasteiger partial charge in [0.05, 0.1) is 16.7 Å². The van der Waals surface area contributed by atoms with E-state index >= 15 is 0 Å². The third kappa shape index (κ3) is 5.30. The summed E-state index contributed by atoms with van der Waals surface area (Å²) in [5.41, 5.74) is 4.98.